The van der Waals surface area contributed by atoms with E-state index in [9.17, 15) is 54.6 Å². The molecule has 8 N–H and O–H groups in total. The van der Waals surface area contributed by atoms with Crippen molar-refractivity contribution >= 4 is 29.0 Å². The number of hydrogen-bond donors (Lipinski definition) is 8. The van der Waals surface area contributed by atoms with Crippen LogP contribution in [0.15, 0.2) is 48.2 Å². The maximum absolute atomic E-state index is 14.9. The summed E-state index contributed by atoms with van der Waals surface area (Å²) in [5, 5.41) is 74.1. The van der Waals surface area contributed by atoms with Gasteiger partial charge in [-0.1, -0.05) is 18.2 Å². The highest BCUT2D eigenvalue weighted by atomic mass is 16.6. The van der Waals surface area contributed by atoms with Gasteiger partial charge in [-0.05, 0) is 48.7 Å². The second-order valence-electron chi connectivity index (χ2n) is 14.8. The second-order valence-corrected chi connectivity index (χ2v) is 14.8. The number of allylic oxidation sites excluding steroid dienone is 2. The van der Waals surface area contributed by atoms with E-state index in [1.165, 1.54) is 27.2 Å². The SMILES string of the molecule is COc1ccc(CNC(=O)c2c(C)cc3c(c2O)[C@]2(O)C(=O)c4cc5c(c(O)c4C(=O)[C@]2(OC)[C@H](O)C3)C(=O)C=C(N[C@H]2O[C@@H](C)[C@H](OC)[C@@H](O)[C@H]2CO)C5=O)cc1. The number of aromatic hydroxyl groups is 2. The first-order valence-corrected chi connectivity index (χ1v) is 18.3. The molecule has 4 aliphatic rings. The molecule has 1 saturated heterocycles. The van der Waals surface area contributed by atoms with E-state index >= 15 is 0 Å². The number of fused-ring (bicyclic) bond motifs is 5. The molecule has 0 unspecified atom stereocenters. The minimum Gasteiger partial charge on any atom is -0.507 e. The van der Waals surface area contributed by atoms with Crippen LogP contribution in [-0.4, -0.2) is 124 Å². The van der Waals surface area contributed by atoms with Crippen molar-refractivity contribution in [1.29, 1.82) is 0 Å². The number of carbonyl (C=O) groups is 5. The van der Waals surface area contributed by atoms with Gasteiger partial charge in [0.25, 0.3) is 5.91 Å². The molecule has 0 spiro atoms. The average Bonchev–Trinajstić information content (AvgIpc) is 3.18. The molecule has 17 nitrogen and oxygen atoms in total. The molecule has 3 aromatic rings. The lowest BCUT2D eigenvalue weighted by Crippen LogP contribution is -2.73. The number of phenolic OH excluding ortho intramolecular Hbond substituents is 2. The molecular formula is C41H42N2O15. The normalized spacial score (nSPS) is 28.8. The van der Waals surface area contributed by atoms with Crippen LogP contribution in [0.4, 0.5) is 0 Å². The molecule has 17 heteroatoms. The molecule has 8 atom stereocenters. The Kier molecular flexibility index (Phi) is 10.3. The number of ether oxygens (including phenoxy) is 4. The predicted octanol–water partition coefficient (Wildman–Crippen LogP) is 0.496. The van der Waals surface area contributed by atoms with Crippen molar-refractivity contribution < 1.29 is 73.6 Å². The van der Waals surface area contributed by atoms with Crippen molar-refractivity contribution in [3.63, 3.8) is 0 Å². The molecule has 1 heterocycles. The standard InChI is InChI=1S/C41H42N2O15/c1-16-10-19-11-26(46)41(57-5)37(52)29-22(36(51)40(41,54)30(19)34(50)27(16)38(53)42-14-18-6-8-20(55-3)9-7-18)12-21-28(33(29)49)25(45)13-24(31(21)47)43-39-23(15-44)32(48)35(56-4)17(2)58-39/h6-10,12-13,17,23,26,32,35,39,43-44,46,48-50,54H,11,14-15H2,1-5H3,(H,42,53)/t17-,23+,26+,32-,35-,39-,40-,41+/m0/s1. The van der Waals surface area contributed by atoms with Crippen molar-refractivity contribution in [2.75, 3.05) is 27.9 Å². The Morgan fingerprint density at radius 3 is 2.28 bits per heavy atom. The van der Waals surface area contributed by atoms with Crippen LogP contribution in [0.3, 0.4) is 0 Å². The lowest BCUT2D eigenvalue weighted by molar-refractivity contribution is -0.214. The Morgan fingerprint density at radius 2 is 1.66 bits per heavy atom. The number of carbonyl (C=O) groups excluding carboxylic acids is 5. The number of methoxy groups -OCH3 is 3. The largest absolute Gasteiger partial charge is 0.507 e. The Bertz CT molecular complexity index is 2300. The van der Waals surface area contributed by atoms with Gasteiger partial charge in [-0.15, -0.1) is 0 Å². The highest BCUT2D eigenvalue weighted by Gasteiger charge is 2.72. The van der Waals surface area contributed by atoms with E-state index in [2.05, 4.69) is 10.6 Å². The molecule has 0 aromatic heterocycles. The topological polar surface area (TPSA) is 268 Å². The Hall–Kier alpha value is -5.53. The highest BCUT2D eigenvalue weighted by Crippen LogP contribution is 2.56. The first kappa shape index (κ1) is 40.7. The van der Waals surface area contributed by atoms with Gasteiger partial charge in [0.05, 0.1) is 60.3 Å². The first-order valence-electron chi connectivity index (χ1n) is 18.3. The molecule has 0 saturated carbocycles. The summed E-state index contributed by atoms with van der Waals surface area (Å²) in [6.45, 7) is 2.46. The summed E-state index contributed by atoms with van der Waals surface area (Å²) in [4.78, 5) is 70.9. The van der Waals surface area contributed by atoms with Gasteiger partial charge in [-0.25, -0.2) is 0 Å². The van der Waals surface area contributed by atoms with Crippen LogP contribution in [-0.2, 0) is 32.8 Å². The number of nitrogens with one attached hydrogen (secondary N) is 2. The van der Waals surface area contributed by atoms with Crippen LogP contribution in [0.25, 0.3) is 0 Å². The summed E-state index contributed by atoms with van der Waals surface area (Å²) >= 11 is 0. The number of aliphatic hydroxyl groups excluding tert-OH is 3. The molecule has 0 bridgehead atoms. The molecule has 0 radical (unpaired) electrons. The minimum atomic E-state index is -3.27. The molecule has 1 aliphatic heterocycles. The fraction of sp³-hybridized carbons (Fsp3) is 0.390. The Morgan fingerprint density at radius 1 is 0.966 bits per heavy atom. The number of amides is 1. The summed E-state index contributed by atoms with van der Waals surface area (Å²) in [5.41, 5.74) is -9.52. The molecule has 58 heavy (non-hydrogen) atoms. The number of Topliss-reactive ketones (excluding diaryl/α,β-unsaturated/α-hetero) is 3. The molecule has 3 aliphatic carbocycles. The Balaban J connectivity index is 1.31. The number of benzene rings is 3. The van der Waals surface area contributed by atoms with Gasteiger partial charge in [-0.3, -0.25) is 24.0 Å². The molecule has 3 aromatic carbocycles. The first-order chi connectivity index (χ1) is 27.5. The van der Waals surface area contributed by atoms with E-state index in [0.717, 1.165) is 19.3 Å². The van der Waals surface area contributed by atoms with Crippen molar-refractivity contribution in [3.05, 3.63) is 98.2 Å². The number of hydrogen-bond acceptors (Lipinski definition) is 16. The molecule has 7 rings (SSSR count). The molecule has 306 valence electrons. The van der Waals surface area contributed by atoms with E-state index in [0.29, 0.717) is 11.3 Å². The van der Waals surface area contributed by atoms with Crippen molar-refractivity contribution in [3.8, 4) is 17.2 Å². The second kappa shape index (κ2) is 14.7. The molecule has 1 amide bonds. The number of rotatable bonds is 9. The zero-order valence-electron chi connectivity index (χ0n) is 32.0. The fourth-order valence-corrected chi connectivity index (χ4v) is 8.84. The summed E-state index contributed by atoms with van der Waals surface area (Å²) < 4.78 is 21.9. The lowest BCUT2D eigenvalue weighted by Gasteiger charge is -2.53. The molecular weight excluding hydrogens is 760 g/mol. The zero-order valence-corrected chi connectivity index (χ0v) is 32.0. The van der Waals surface area contributed by atoms with E-state index in [1.54, 1.807) is 31.2 Å². The van der Waals surface area contributed by atoms with Crippen molar-refractivity contribution in [2.45, 2.75) is 68.7 Å². The van der Waals surface area contributed by atoms with E-state index < -0.39 is 135 Å². The summed E-state index contributed by atoms with van der Waals surface area (Å²) in [6, 6.07) is 9.00. The van der Waals surface area contributed by atoms with Gasteiger partial charge in [-0.2, -0.15) is 0 Å². The van der Waals surface area contributed by atoms with Gasteiger partial charge in [0.1, 0.15) is 29.6 Å². The van der Waals surface area contributed by atoms with Crippen LogP contribution < -0.4 is 15.4 Å². The summed E-state index contributed by atoms with van der Waals surface area (Å²) in [6.07, 6.45) is -5.69. The highest BCUT2D eigenvalue weighted by molar-refractivity contribution is 6.31. The Labute approximate surface area is 330 Å². The van der Waals surface area contributed by atoms with Crippen LogP contribution in [0, 0.1) is 12.8 Å². The quantitative estimate of drug-likeness (QED) is 0.146. The number of aryl methyl sites for hydroxylation is 1. The van der Waals surface area contributed by atoms with E-state index in [-0.39, 0.29) is 23.2 Å². The third kappa shape index (κ3) is 5.68. The lowest BCUT2D eigenvalue weighted by atomic mass is 9.56. The van der Waals surface area contributed by atoms with Crippen LogP contribution in [0.1, 0.15) is 81.0 Å². The fourth-order valence-electron chi connectivity index (χ4n) is 8.84. The molecule has 1 fully saturated rings. The van der Waals surface area contributed by atoms with Gasteiger partial charge in [0, 0.05) is 50.0 Å². The third-order valence-corrected chi connectivity index (χ3v) is 11.7. The number of phenols is 2. The minimum absolute atomic E-state index is 0.00217. The predicted molar refractivity (Wildman–Crippen MR) is 199 cm³/mol. The number of aliphatic hydroxyl groups is 4. The van der Waals surface area contributed by atoms with Gasteiger partial charge >= 0.3 is 0 Å². The van der Waals surface area contributed by atoms with Crippen LogP contribution in [0.2, 0.25) is 0 Å². The summed E-state index contributed by atoms with van der Waals surface area (Å²) in [5.74, 6) is -7.97. The van der Waals surface area contributed by atoms with Crippen LogP contribution in [0.5, 0.6) is 17.2 Å². The van der Waals surface area contributed by atoms with Gasteiger partial charge in [0.15, 0.2) is 17.0 Å². The zero-order chi connectivity index (χ0) is 42.2. The third-order valence-electron chi connectivity index (χ3n) is 11.7. The number of ketones is 4. The maximum Gasteiger partial charge on any atom is 0.255 e. The smallest absolute Gasteiger partial charge is 0.255 e. The van der Waals surface area contributed by atoms with Crippen molar-refractivity contribution in [2.24, 2.45) is 5.92 Å². The van der Waals surface area contributed by atoms with E-state index in [1.807, 2.05) is 0 Å². The van der Waals surface area contributed by atoms with Crippen LogP contribution >= 0.6 is 0 Å². The monoisotopic (exact) mass is 802 g/mol. The maximum atomic E-state index is 14.9. The average molecular weight is 803 g/mol. The van der Waals surface area contributed by atoms with Gasteiger partial charge in [0.2, 0.25) is 17.3 Å². The summed E-state index contributed by atoms with van der Waals surface area (Å²) in [7, 11) is 3.78. The van der Waals surface area contributed by atoms with E-state index in [4.69, 9.17) is 18.9 Å². The van der Waals surface area contributed by atoms with Crippen molar-refractivity contribution in [1.82, 2.24) is 10.6 Å². The van der Waals surface area contributed by atoms with Gasteiger partial charge < -0.3 is 60.2 Å².